The minimum absolute atomic E-state index is 0.163. The van der Waals surface area contributed by atoms with Crippen molar-refractivity contribution in [2.24, 2.45) is 5.92 Å². The summed E-state index contributed by atoms with van der Waals surface area (Å²) in [4.78, 5) is 0. The fraction of sp³-hybridized carbons (Fsp3) is 1.00. The lowest BCUT2D eigenvalue weighted by atomic mass is 9.87. The highest BCUT2D eigenvalue weighted by atomic mass is 16.5. The molecule has 10 heavy (non-hydrogen) atoms. The Bertz CT molecular complexity index is 107. The molecule has 1 atom stereocenters. The van der Waals surface area contributed by atoms with Crippen molar-refractivity contribution in [3.05, 3.63) is 0 Å². The molecule has 0 unspecified atom stereocenters. The second kappa shape index (κ2) is 2.91. The molecule has 0 spiro atoms. The fourth-order valence-electron chi connectivity index (χ4n) is 1.77. The largest absolute Gasteiger partial charge is 0.375 e. The van der Waals surface area contributed by atoms with Gasteiger partial charge in [0.2, 0.25) is 0 Å². The number of hydrogen-bond acceptors (Lipinski definition) is 1. The van der Waals surface area contributed by atoms with Crippen LogP contribution in [0, 0.1) is 5.92 Å². The lowest BCUT2D eigenvalue weighted by molar-refractivity contribution is 0.00910. The molecule has 0 radical (unpaired) electrons. The highest BCUT2D eigenvalue weighted by Gasteiger charge is 2.34. The summed E-state index contributed by atoms with van der Waals surface area (Å²) in [5.74, 6) is 0.803. The average molecular weight is 142 g/mol. The van der Waals surface area contributed by atoms with E-state index in [2.05, 4.69) is 20.8 Å². The van der Waals surface area contributed by atoms with E-state index in [1.165, 1.54) is 19.3 Å². The van der Waals surface area contributed by atoms with Crippen molar-refractivity contribution in [3.8, 4) is 0 Å². The molecule has 0 amide bonds. The number of hydrogen-bond donors (Lipinski definition) is 0. The molecule has 1 heterocycles. The van der Waals surface area contributed by atoms with Gasteiger partial charge in [-0.2, -0.15) is 0 Å². The zero-order chi connectivity index (χ0) is 7.61. The van der Waals surface area contributed by atoms with Crippen LogP contribution >= 0.6 is 0 Å². The summed E-state index contributed by atoms with van der Waals surface area (Å²) < 4.78 is 5.61. The second-order valence-corrected chi connectivity index (χ2v) is 3.73. The lowest BCUT2D eigenvalue weighted by Crippen LogP contribution is -2.26. The summed E-state index contributed by atoms with van der Waals surface area (Å²) in [5.41, 5.74) is 0.163. The third-order valence-electron chi connectivity index (χ3n) is 2.56. The molecule has 0 aromatic rings. The Morgan fingerprint density at radius 1 is 1.50 bits per heavy atom. The molecule has 0 bridgehead atoms. The maximum absolute atomic E-state index is 5.61. The van der Waals surface area contributed by atoms with Crippen LogP contribution in [0.25, 0.3) is 0 Å². The third kappa shape index (κ3) is 1.51. The Morgan fingerprint density at radius 3 is 2.60 bits per heavy atom. The zero-order valence-corrected chi connectivity index (χ0v) is 7.31. The molecule has 1 rings (SSSR count). The van der Waals surface area contributed by atoms with E-state index in [9.17, 15) is 0 Å². The topological polar surface area (TPSA) is 9.23 Å². The Morgan fingerprint density at radius 2 is 2.20 bits per heavy atom. The molecule has 1 saturated heterocycles. The summed E-state index contributed by atoms with van der Waals surface area (Å²) >= 11 is 0. The monoisotopic (exact) mass is 142 g/mol. The molecule has 1 heteroatoms. The van der Waals surface area contributed by atoms with E-state index in [0.717, 1.165) is 12.5 Å². The predicted octanol–water partition coefficient (Wildman–Crippen LogP) is 2.60. The van der Waals surface area contributed by atoms with Gasteiger partial charge in [-0.1, -0.05) is 13.3 Å². The maximum Gasteiger partial charge on any atom is 0.0655 e. The normalized spacial score (nSPS) is 30.9. The van der Waals surface area contributed by atoms with Gasteiger partial charge in [0.25, 0.3) is 0 Å². The van der Waals surface area contributed by atoms with E-state index in [0.29, 0.717) is 0 Å². The summed E-state index contributed by atoms with van der Waals surface area (Å²) in [6.45, 7) is 7.63. The molecular weight excluding hydrogens is 124 g/mol. The standard InChI is InChI=1S/C9H18O/c1-4-5-8-6-7-10-9(8,2)3/h8H,4-7H2,1-3H3/t8-/m1/s1. The minimum atomic E-state index is 0.163. The van der Waals surface area contributed by atoms with E-state index in [1.54, 1.807) is 0 Å². The van der Waals surface area contributed by atoms with Gasteiger partial charge in [0.1, 0.15) is 0 Å². The van der Waals surface area contributed by atoms with Crippen LogP contribution in [0.1, 0.15) is 40.0 Å². The van der Waals surface area contributed by atoms with Gasteiger partial charge in [-0.15, -0.1) is 0 Å². The zero-order valence-electron chi connectivity index (χ0n) is 7.31. The van der Waals surface area contributed by atoms with E-state index in [4.69, 9.17) is 4.74 Å². The van der Waals surface area contributed by atoms with Crippen LogP contribution in [0.5, 0.6) is 0 Å². The first kappa shape index (κ1) is 8.06. The smallest absolute Gasteiger partial charge is 0.0655 e. The van der Waals surface area contributed by atoms with Crippen molar-refractivity contribution in [1.82, 2.24) is 0 Å². The summed E-state index contributed by atoms with van der Waals surface area (Å²) in [6, 6.07) is 0. The molecule has 1 nitrogen and oxygen atoms in total. The van der Waals surface area contributed by atoms with Crippen molar-refractivity contribution < 1.29 is 4.74 Å². The Balaban J connectivity index is 2.43. The molecule has 0 saturated carbocycles. The van der Waals surface area contributed by atoms with Crippen LogP contribution in [0.2, 0.25) is 0 Å². The van der Waals surface area contributed by atoms with Gasteiger partial charge in [-0.25, -0.2) is 0 Å². The molecule has 1 aliphatic heterocycles. The SMILES string of the molecule is CCC[C@@H]1CCOC1(C)C. The Labute approximate surface area is 63.8 Å². The number of ether oxygens (including phenoxy) is 1. The van der Waals surface area contributed by atoms with Gasteiger partial charge >= 0.3 is 0 Å². The first-order valence-corrected chi connectivity index (χ1v) is 4.31. The molecule has 1 aliphatic rings. The van der Waals surface area contributed by atoms with Crippen LogP contribution in [-0.2, 0) is 4.74 Å². The van der Waals surface area contributed by atoms with Gasteiger partial charge < -0.3 is 4.74 Å². The first-order valence-electron chi connectivity index (χ1n) is 4.31. The van der Waals surface area contributed by atoms with Gasteiger partial charge in [0.05, 0.1) is 5.60 Å². The summed E-state index contributed by atoms with van der Waals surface area (Å²) in [6.07, 6.45) is 3.88. The summed E-state index contributed by atoms with van der Waals surface area (Å²) in [7, 11) is 0. The molecule has 0 aromatic heterocycles. The van der Waals surface area contributed by atoms with Gasteiger partial charge in [-0.3, -0.25) is 0 Å². The highest BCUT2D eigenvalue weighted by molar-refractivity contribution is 4.83. The summed E-state index contributed by atoms with van der Waals surface area (Å²) in [5, 5.41) is 0. The minimum Gasteiger partial charge on any atom is -0.375 e. The van der Waals surface area contributed by atoms with E-state index in [-0.39, 0.29) is 5.60 Å². The van der Waals surface area contributed by atoms with Crippen molar-refractivity contribution in [1.29, 1.82) is 0 Å². The molecule has 0 aliphatic carbocycles. The van der Waals surface area contributed by atoms with E-state index >= 15 is 0 Å². The number of rotatable bonds is 2. The Hall–Kier alpha value is -0.0400. The van der Waals surface area contributed by atoms with Crippen LogP contribution in [-0.4, -0.2) is 12.2 Å². The van der Waals surface area contributed by atoms with Crippen LogP contribution in [0.3, 0.4) is 0 Å². The molecule has 60 valence electrons. The van der Waals surface area contributed by atoms with Gasteiger partial charge in [-0.05, 0) is 32.6 Å². The van der Waals surface area contributed by atoms with Crippen molar-refractivity contribution >= 4 is 0 Å². The molecular formula is C9H18O. The third-order valence-corrected chi connectivity index (χ3v) is 2.56. The maximum atomic E-state index is 5.61. The van der Waals surface area contributed by atoms with Crippen LogP contribution in [0.15, 0.2) is 0 Å². The van der Waals surface area contributed by atoms with Crippen LogP contribution in [0.4, 0.5) is 0 Å². The quantitative estimate of drug-likeness (QED) is 0.576. The Kier molecular flexibility index (Phi) is 2.35. The molecule has 0 aromatic carbocycles. The van der Waals surface area contributed by atoms with Gasteiger partial charge in [0, 0.05) is 6.61 Å². The predicted molar refractivity (Wildman–Crippen MR) is 43.0 cm³/mol. The highest BCUT2D eigenvalue weighted by Crippen LogP contribution is 2.34. The van der Waals surface area contributed by atoms with Crippen molar-refractivity contribution in [3.63, 3.8) is 0 Å². The lowest BCUT2D eigenvalue weighted by Gasteiger charge is -2.25. The first-order chi connectivity index (χ1) is 4.67. The van der Waals surface area contributed by atoms with Crippen LogP contribution < -0.4 is 0 Å². The van der Waals surface area contributed by atoms with E-state index in [1.807, 2.05) is 0 Å². The van der Waals surface area contributed by atoms with Crippen molar-refractivity contribution in [2.75, 3.05) is 6.61 Å². The molecule has 0 N–H and O–H groups in total. The van der Waals surface area contributed by atoms with Crippen molar-refractivity contribution in [2.45, 2.75) is 45.6 Å². The van der Waals surface area contributed by atoms with Gasteiger partial charge in [0.15, 0.2) is 0 Å². The van der Waals surface area contributed by atoms with E-state index < -0.39 is 0 Å². The second-order valence-electron chi connectivity index (χ2n) is 3.73. The average Bonchev–Trinajstić information content (AvgIpc) is 2.13. The fourth-order valence-corrected chi connectivity index (χ4v) is 1.77. The molecule has 1 fully saturated rings.